The largest absolute Gasteiger partial charge is 0.488 e. The molecule has 0 heterocycles. The van der Waals surface area contributed by atoms with Crippen LogP contribution in [0.5, 0.6) is 5.75 Å². The quantitative estimate of drug-likeness (QED) is 0.568. The Morgan fingerprint density at radius 2 is 1.92 bits per heavy atom. The number of para-hydroxylation sites is 1. The highest BCUT2D eigenvalue weighted by atomic mass is 35.5. The minimum atomic E-state index is -0.359. The number of carbonyl (C=O) groups excluding carboxylic acids is 1. The fraction of sp³-hybridized carbons (Fsp3) is 0.158. The number of benzene rings is 2. The number of rotatable bonds is 5. The van der Waals surface area contributed by atoms with Crippen molar-refractivity contribution in [3.63, 3.8) is 0 Å². The minimum absolute atomic E-state index is 0.0376. The van der Waals surface area contributed by atoms with Crippen LogP contribution in [-0.4, -0.2) is 24.9 Å². The van der Waals surface area contributed by atoms with Gasteiger partial charge in [-0.15, -0.1) is 0 Å². The Labute approximate surface area is 156 Å². The molecule has 1 amide bonds. The van der Waals surface area contributed by atoms with Gasteiger partial charge in [0.25, 0.3) is 5.91 Å². The smallest absolute Gasteiger partial charge is 0.264 e. The monoisotopic (exact) mass is 374 g/mol. The lowest BCUT2D eigenvalue weighted by atomic mass is 10.1. The van der Waals surface area contributed by atoms with Gasteiger partial charge < -0.3 is 9.64 Å². The number of likely N-dealkylation sites (N-methyl/N-ethyl adjacent to an activating group) is 1. The molecule has 0 aliphatic carbocycles. The summed E-state index contributed by atoms with van der Waals surface area (Å²) in [4.78, 5) is 13.4. The van der Waals surface area contributed by atoms with Gasteiger partial charge in [-0.3, -0.25) is 4.79 Å². The van der Waals surface area contributed by atoms with E-state index in [0.29, 0.717) is 21.4 Å². The Balaban J connectivity index is 2.24. The van der Waals surface area contributed by atoms with Crippen LogP contribution >= 0.6 is 23.2 Å². The third kappa shape index (κ3) is 4.99. The highest BCUT2D eigenvalue weighted by Gasteiger charge is 2.12. The molecule has 2 aromatic carbocycles. The maximum Gasteiger partial charge on any atom is 0.264 e. The molecule has 0 N–H and O–H groups in total. The molecule has 6 heteroatoms. The summed E-state index contributed by atoms with van der Waals surface area (Å²) in [5.74, 6) is 0.203. The van der Waals surface area contributed by atoms with E-state index in [4.69, 9.17) is 27.9 Å². The van der Waals surface area contributed by atoms with Gasteiger partial charge in [-0.1, -0.05) is 47.5 Å². The number of ether oxygens (including phenoxy) is 1. The Bertz CT molecular complexity index is 855. The first-order chi connectivity index (χ1) is 11.9. The molecule has 128 valence electrons. The van der Waals surface area contributed by atoms with Gasteiger partial charge in [-0.2, -0.15) is 5.26 Å². The summed E-state index contributed by atoms with van der Waals surface area (Å²) < 4.78 is 5.82. The zero-order chi connectivity index (χ0) is 18.4. The van der Waals surface area contributed by atoms with Gasteiger partial charge >= 0.3 is 0 Å². The fourth-order valence-electron chi connectivity index (χ4n) is 2.06. The second kappa shape index (κ2) is 8.57. The van der Waals surface area contributed by atoms with Crippen molar-refractivity contribution in [2.75, 3.05) is 14.1 Å². The molecule has 0 spiro atoms. The lowest BCUT2D eigenvalue weighted by molar-refractivity contribution is -0.124. The van der Waals surface area contributed by atoms with Crippen LogP contribution in [0, 0.1) is 11.3 Å². The third-order valence-electron chi connectivity index (χ3n) is 3.35. The molecule has 0 saturated carbocycles. The van der Waals surface area contributed by atoms with Crippen molar-refractivity contribution in [3.8, 4) is 11.8 Å². The molecule has 0 unspecified atom stereocenters. The highest BCUT2D eigenvalue weighted by molar-refractivity contribution is 6.42. The van der Waals surface area contributed by atoms with Crippen molar-refractivity contribution < 1.29 is 9.53 Å². The van der Waals surface area contributed by atoms with Crippen LogP contribution in [0.3, 0.4) is 0 Å². The van der Waals surface area contributed by atoms with E-state index >= 15 is 0 Å². The average molecular weight is 375 g/mol. The van der Waals surface area contributed by atoms with Crippen LogP contribution in [0.2, 0.25) is 10.0 Å². The molecule has 2 rings (SSSR count). The zero-order valence-electron chi connectivity index (χ0n) is 13.8. The van der Waals surface area contributed by atoms with Gasteiger partial charge in [-0.05, 0) is 29.8 Å². The van der Waals surface area contributed by atoms with E-state index < -0.39 is 0 Å². The molecule has 25 heavy (non-hydrogen) atoms. The Kier molecular flexibility index (Phi) is 6.46. The standard InChI is InChI=1S/C19H16Cl2N2O2/c1-23(2)19(24)15(11-22)10-14-5-3-4-6-18(14)25-12-13-7-8-16(20)17(21)9-13/h3-10H,12H2,1-2H3/b15-10-. The summed E-state index contributed by atoms with van der Waals surface area (Å²) in [5.41, 5.74) is 1.54. The van der Waals surface area contributed by atoms with Gasteiger partial charge in [0.15, 0.2) is 0 Å². The van der Waals surface area contributed by atoms with Crippen molar-refractivity contribution in [1.29, 1.82) is 5.26 Å². The maximum atomic E-state index is 12.0. The second-order valence-corrected chi connectivity index (χ2v) is 6.26. The summed E-state index contributed by atoms with van der Waals surface area (Å²) in [6, 6.07) is 14.4. The normalized spacial score (nSPS) is 10.9. The van der Waals surface area contributed by atoms with Crippen molar-refractivity contribution in [3.05, 3.63) is 69.2 Å². The molecular weight excluding hydrogens is 359 g/mol. The van der Waals surface area contributed by atoms with Gasteiger partial charge in [-0.25, -0.2) is 0 Å². The van der Waals surface area contributed by atoms with E-state index in [9.17, 15) is 10.1 Å². The van der Waals surface area contributed by atoms with E-state index in [1.54, 1.807) is 38.4 Å². The molecule has 0 bridgehead atoms. The topological polar surface area (TPSA) is 53.3 Å². The molecule has 0 aliphatic heterocycles. The summed E-state index contributed by atoms with van der Waals surface area (Å²) in [5, 5.41) is 10.2. The van der Waals surface area contributed by atoms with E-state index in [0.717, 1.165) is 5.56 Å². The molecule has 0 saturated heterocycles. The predicted molar refractivity (Wildman–Crippen MR) is 99.5 cm³/mol. The molecule has 0 aromatic heterocycles. The Morgan fingerprint density at radius 3 is 2.56 bits per heavy atom. The number of hydrogen-bond donors (Lipinski definition) is 0. The van der Waals surface area contributed by atoms with Gasteiger partial charge in [0, 0.05) is 19.7 Å². The van der Waals surface area contributed by atoms with Crippen LogP contribution in [0.4, 0.5) is 0 Å². The minimum Gasteiger partial charge on any atom is -0.488 e. The molecule has 0 fully saturated rings. The van der Waals surface area contributed by atoms with Crippen LogP contribution in [0.25, 0.3) is 6.08 Å². The third-order valence-corrected chi connectivity index (χ3v) is 4.09. The van der Waals surface area contributed by atoms with Gasteiger partial charge in [0.2, 0.25) is 0 Å². The van der Waals surface area contributed by atoms with Crippen LogP contribution in [0.15, 0.2) is 48.0 Å². The van der Waals surface area contributed by atoms with E-state index in [1.807, 2.05) is 24.3 Å². The SMILES string of the molecule is CN(C)C(=O)/C(C#N)=C\c1ccccc1OCc1ccc(Cl)c(Cl)c1. The maximum absolute atomic E-state index is 12.0. The fourth-order valence-corrected chi connectivity index (χ4v) is 2.38. The van der Waals surface area contributed by atoms with Crippen molar-refractivity contribution in [2.45, 2.75) is 6.61 Å². The molecule has 0 radical (unpaired) electrons. The highest BCUT2D eigenvalue weighted by Crippen LogP contribution is 2.25. The molecular formula is C19H16Cl2N2O2. The number of amides is 1. The van der Waals surface area contributed by atoms with E-state index in [-0.39, 0.29) is 18.1 Å². The predicted octanol–water partition coefficient (Wildman–Crippen LogP) is 4.57. The van der Waals surface area contributed by atoms with Crippen LogP contribution in [-0.2, 0) is 11.4 Å². The van der Waals surface area contributed by atoms with E-state index in [1.165, 1.54) is 11.0 Å². The summed E-state index contributed by atoms with van der Waals surface area (Å²) in [7, 11) is 3.19. The first-order valence-corrected chi connectivity index (χ1v) is 8.17. The number of hydrogen-bond acceptors (Lipinski definition) is 3. The first kappa shape index (κ1) is 18.9. The number of nitriles is 1. The number of nitrogens with zero attached hydrogens (tertiary/aromatic N) is 2. The molecule has 2 aromatic rings. The molecule has 0 atom stereocenters. The number of halogens is 2. The van der Waals surface area contributed by atoms with Crippen molar-refractivity contribution in [2.24, 2.45) is 0 Å². The van der Waals surface area contributed by atoms with Crippen molar-refractivity contribution in [1.82, 2.24) is 4.90 Å². The Hall–Kier alpha value is -2.48. The lowest BCUT2D eigenvalue weighted by Crippen LogP contribution is -2.22. The van der Waals surface area contributed by atoms with E-state index in [2.05, 4.69) is 0 Å². The molecule has 0 aliphatic rings. The van der Waals surface area contributed by atoms with Crippen molar-refractivity contribution >= 4 is 35.2 Å². The summed E-state index contributed by atoms with van der Waals surface area (Å²) >= 11 is 11.9. The average Bonchev–Trinajstić information content (AvgIpc) is 2.60. The first-order valence-electron chi connectivity index (χ1n) is 7.41. The lowest BCUT2D eigenvalue weighted by Gasteiger charge is -2.12. The Morgan fingerprint density at radius 1 is 1.20 bits per heavy atom. The number of carbonyl (C=O) groups is 1. The molecule has 4 nitrogen and oxygen atoms in total. The summed E-state index contributed by atoms with van der Waals surface area (Å²) in [6.07, 6.45) is 1.52. The zero-order valence-corrected chi connectivity index (χ0v) is 15.3. The second-order valence-electron chi connectivity index (χ2n) is 5.44. The van der Waals surface area contributed by atoms with Gasteiger partial charge in [0.05, 0.1) is 10.0 Å². The van der Waals surface area contributed by atoms with Crippen LogP contribution in [0.1, 0.15) is 11.1 Å². The summed E-state index contributed by atoms with van der Waals surface area (Å²) in [6.45, 7) is 0.283. The van der Waals surface area contributed by atoms with Gasteiger partial charge in [0.1, 0.15) is 24.0 Å². The van der Waals surface area contributed by atoms with Crippen LogP contribution < -0.4 is 4.74 Å².